The Bertz CT molecular complexity index is 757. The van der Waals surface area contributed by atoms with Crippen LogP contribution >= 0.6 is 23.1 Å². The van der Waals surface area contributed by atoms with Crippen molar-refractivity contribution in [2.75, 3.05) is 18.6 Å². The molecule has 0 radical (unpaired) electrons. The molecule has 10 heteroatoms. The van der Waals surface area contributed by atoms with Crippen molar-refractivity contribution in [3.05, 3.63) is 40.8 Å². The standard InChI is InChI=1S/C13H10F3N3O2S2/c1-17-11(21)9-12(23-13(18-9)22-2)19-10(20)8-6(15)3-5(14)4-7(8)16/h3-4H,1-2H3,(H,17,21)(H,19,20). The predicted molar refractivity (Wildman–Crippen MR) is 81.6 cm³/mol. The molecule has 2 amide bonds. The number of halogens is 3. The van der Waals surface area contributed by atoms with E-state index in [1.807, 2.05) is 0 Å². The van der Waals surface area contributed by atoms with Gasteiger partial charge in [-0.15, -0.1) is 0 Å². The van der Waals surface area contributed by atoms with Gasteiger partial charge in [0.15, 0.2) is 10.0 Å². The maximum Gasteiger partial charge on any atom is 0.272 e. The van der Waals surface area contributed by atoms with E-state index in [2.05, 4.69) is 15.6 Å². The topological polar surface area (TPSA) is 71.1 Å². The lowest BCUT2D eigenvalue weighted by Crippen LogP contribution is -2.22. The highest BCUT2D eigenvalue weighted by Gasteiger charge is 2.23. The highest BCUT2D eigenvalue weighted by atomic mass is 32.2. The number of hydrogen-bond acceptors (Lipinski definition) is 5. The molecule has 1 aromatic carbocycles. The van der Waals surface area contributed by atoms with Gasteiger partial charge in [-0.3, -0.25) is 9.59 Å². The van der Waals surface area contributed by atoms with Gasteiger partial charge in [0.05, 0.1) is 0 Å². The van der Waals surface area contributed by atoms with Crippen LogP contribution in [0.5, 0.6) is 0 Å². The van der Waals surface area contributed by atoms with Crippen molar-refractivity contribution in [2.24, 2.45) is 0 Å². The number of amides is 2. The lowest BCUT2D eigenvalue weighted by Gasteiger charge is -2.06. The van der Waals surface area contributed by atoms with Crippen LogP contribution in [-0.2, 0) is 0 Å². The molecule has 0 saturated carbocycles. The molecule has 0 saturated heterocycles. The van der Waals surface area contributed by atoms with Gasteiger partial charge in [-0.2, -0.15) is 0 Å². The molecule has 0 bridgehead atoms. The molecule has 0 unspecified atom stereocenters. The van der Waals surface area contributed by atoms with Crippen molar-refractivity contribution in [3.8, 4) is 0 Å². The summed E-state index contributed by atoms with van der Waals surface area (Å²) in [5.74, 6) is -5.50. The monoisotopic (exact) mass is 361 g/mol. The number of rotatable bonds is 4. The van der Waals surface area contributed by atoms with Gasteiger partial charge in [0.1, 0.15) is 28.0 Å². The summed E-state index contributed by atoms with van der Waals surface area (Å²) in [5, 5.41) is 4.63. The van der Waals surface area contributed by atoms with E-state index in [-0.39, 0.29) is 10.7 Å². The van der Waals surface area contributed by atoms with E-state index in [1.165, 1.54) is 18.8 Å². The molecule has 122 valence electrons. The van der Waals surface area contributed by atoms with Crippen LogP contribution in [0.3, 0.4) is 0 Å². The summed E-state index contributed by atoms with van der Waals surface area (Å²) in [6.45, 7) is 0. The number of hydrogen-bond donors (Lipinski definition) is 2. The number of benzene rings is 1. The maximum absolute atomic E-state index is 13.6. The predicted octanol–water partition coefficient (Wildman–Crippen LogP) is 2.89. The molecule has 2 aromatic rings. The molecule has 0 aliphatic heterocycles. The summed E-state index contributed by atoms with van der Waals surface area (Å²) < 4.78 is 40.6. The second kappa shape index (κ2) is 7.01. The first-order chi connectivity index (χ1) is 10.9. The Morgan fingerprint density at radius 3 is 2.30 bits per heavy atom. The minimum Gasteiger partial charge on any atom is -0.354 e. The van der Waals surface area contributed by atoms with Gasteiger partial charge in [0, 0.05) is 19.2 Å². The van der Waals surface area contributed by atoms with Crippen LogP contribution in [0.15, 0.2) is 16.5 Å². The molecule has 23 heavy (non-hydrogen) atoms. The number of nitrogens with zero attached hydrogens (tertiary/aromatic N) is 1. The minimum atomic E-state index is -1.34. The number of anilines is 1. The van der Waals surface area contributed by atoms with Crippen LogP contribution in [0.4, 0.5) is 18.2 Å². The van der Waals surface area contributed by atoms with E-state index in [1.54, 1.807) is 6.26 Å². The molecule has 0 fully saturated rings. The summed E-state index contributed by atoms with van der Waals surface area (Å²) in [6.07, 6.45) is 1.72. The Morgan fingerprint density at radius 1 is 1.17 bits per heavy atom. The third kappa shape index (κ3) is 3.64. The van der Waals surface area contributed by atoms with E-state index >= 15 is 0 Å². The van der Waals surface area contributed by atoms with E-state index in [0.29, 0.717) is 16.5 Å². The van der Waals surface area contributed by atoms with Crippen LogP contribution in [0.2, 0.25) is 0 Å². The summed E-state index contributed by atoms with van der Waals surface area (Å²) in [7, 11) is 1.38. The van der Waals surface area contributed by atoms with Crippen LogP contribution in [-0.4, -0.2) is 30.1 Å². The fourth-order valence-electron chi connectivity index (χ4n) is 1.67. The number of thioether (sulfide) groups is 1. The smallest absolute Gasteiger partial charge is 0.272 e. The molecule has 2 N–H and O–H groups in total. The molecule has 0 aliphatic carbocycles. The summed E-state index contributed by atoms with van der Waals surface area (Å²) >= 11 is 2.22. The molecule has 1 heterocycles. The average molecular weight is 361 g/mol. The average Bonchev–Trinajstić information content (AvgIpc) is 2.88. The first kappa shape index (κ1) is 17.3. The van der Waals surface area contributed by atoms with Crippen molar-refractivity contribution in [3.63, 3.8) is 0 Å². The molecule has 2 rings (SSSR count). The second-order valence-electron chi connectivity index (χ2n) is 4.14. The number of aromatic nitrogens is 1. The van der Waals surface area contributed by atoms with Crippen LogP contribution in [0, 0.1) is 17.5 Å². The van der Waals surface area contributed by atoms with Crippen LogP contribution < -0.4 is 10.6 Å². The quantitative estimate of drug-likeness (QED) is 0.822. The van der Waals surface area contributed by atoms with Crippen molar-refractivity contribution in [1.82, 2.24) is 10.3 Å². The minimum absolute atomic E-state index is 0.0434. The molecular weight excluding hydrogens is 351 g/mol. The lowest BCUT2D eigenvalue weighted by atomic mass is 10.2. The molecular formula is C13H10F3N3O2S2. The Hall–Kier alpha value is -2.07. The van der Waals surface area contributed by atoms with Crippen molar-refractivity contribution >= 4 is 39.9 Å². The highest BCUT2D eigenvalue weighted by molar-refractivity contribution is 8.00. The van der Waals surface area contributed by atoms with Crippen LogP contribution in [0.25, 0.3) is 0 Å². The van der Waals surface area contributed by atoms with Gasteiger partial charge < -0.3 is 10.6 Å². The van der Waals surface area contributed by atoms with E-state index < -0.39 is 34.8 Å². The number of nitrogens with one attached hydrogen (secondary N) is 2. The van der Waals surface area contributed by atoms with E-state index in [9.17, 15) is 22.8 Å². The van der Waals surface area contributed by atoms with E-state index in [0.717, 1.165) is 11.3 Å². The Kier molecular flexibility index (Phi) is 5.26. The zero-order valence-electron chi connectivity index (χ0n) is 11.9. The van der Waals surface area contributed by atoms with E-state index in [4.69, 9.17) is 0 Å². The molecule has 0 spiro atoms. The number of carbonyl (C=O) groups is 2. The van der Waals surface area contributed by atoms with Gasteiger partial charge in [-0.1, -0.05) is 23.1 Å². The third-order valence-electron chi connectivity index (χ3n) is 2.69. The largest absolute Gasteiger partial charge is 0.354 e. The molecule has 5 nitrogen and oxygen atoms in total. The van der Waals surface area contributed by atoms with Gasteiger partial charge in [0.2, 0.25) is 0 Å². The molecule has 1 aromatic heterocycles. The third-order valence-corrected chi connectivity index (χ3v) is 4.64. The van der Waals surface area contributed by atoms with Crippen molar-refractivity contribution in [2.45, 2.75) is 4.34 Å². The van der Waals surface area contributed by atoms with Gasteiger partial charge in [-0.05, 0) is 6.26 Å². The summed E-state index contributed by atoms with van der Waals surface area (Å²) in [6, 6.07) is 0.801. The fourth-order valence-corrected chi connectivity index (χ4v) is 3.13. The van der Waals surface area contributed by atoms with Crippen LogP contribution in [0.1, 0.15) is 20.8 Å². The SMILES string of the molecule is CNC(=O)c1nc(SC)sc1NC(=O)c1c(F)cc(F)cc1F. The second-order valence-corrected chi connectivity index (χ2v) is 6.19. The lowest BCUT2D eigenvalue weighted by molar-refractivity contribution is 0.0959. The highest BCUT2D eigenvalue weighted by Crippen LogP contribution is 2.31. The molecule has 0 atom stereocenters. The van der Waals surface area contributed by atoms with Gasteiger partial charge in [0.25, 0.3) is 11.8 Å². The van der Waals surface area contributed by atoms with Gasteiger partial charge >= 0.3 is 0 Å². The van der Waals surface area contributed by atoms with Gasteiger partial charge in [-0.25, -0.2) is 18.2 Å². The van der Waals surface area contributed by atoms with Crippen molar-refractivity contribution in [1.29, 1.82) is 0 Å². The first-order valence-corrected chi connectivity index (χ1v) is 8.14. The normalized spacial score (nSPS) is 10.5. The summed E-state index contributed by atoms with van der Waals surface area (Å²) in [5.41, 5.74) is -1.01. The number of carbonyl (C=O) groups excluding carboxylic acids is 2. The number of thiazole rings is 1. The zero-order chi connectivity index (χ0) is 17.1. The Balaban J connectivity index is 2.38. The zero-order valence-corrected chi connectivity index (χ0v) is 13.5. The Morgan fingerprint density at radius 2 is 1.78 bits per heavy atom. The Labute approximate surface area is 137 Å². The first-order valence-electron chi connectivity index (χ1n) is 6.10. The molecule has 0 aliphatic rings. The summed E-state index contributed by atoms with van der Waals surface area (Å²) in [4.78, 5) is 27.8. The van der Waals surface area contributed by atoms with Crippen molar-refractivity contribution < 1.29 is 22.8 Å². The maximum atomic E-state index is 13.6. The fraction of sp³-hybridized carbons (Fsp3) is 0.154.